The summed E-state index contributed by atoms with van der Waals surface area (Å²) in [6.45, 7) is 2.65. The molecule has 0 bridgehead atoms. The number of amides is 1. The molecule has 1 amide bonds. The molecule has 1 aromatic carbocycles. The third-order valence-corrected chi connectivity index (χ3v) is 4.92. The van der Waals surface area contributed by atoms with Crippen LogP contribution >= 0.6 is 11.6 Å². The van der Waals surface area contributed by atoms with Gasteiger partial charge in [-0.25, -0.2) is 4.98 Å². The van der Waals surface area contributed by atoms with Crippen molar-refractivity contribution in [1.29, 1.82) is 0 Å². The Morgan fingerprint density at radius 1 is 1.25 bits per heavy atom. The fourth-order valence-corrected chi connectivity index (χ4v) is 3.21. The van der Waals surface area contributed by atoms with E-state index in [2.05, 4.69) is 9.97 Å². The minimum absolute atomic E-state index is 0.0796. The maximum atomic E-state index is 14.2. The molecule has 6 nitrogen and oxygen atoms in total. The first-order chi connectivity index (χ1) is 13.5. The highest BCUT2D eigenvalue weighted by Crippen LogP contribution is 2.22. The van der Waals surface area contributed by atoms with Gasteiger partial charge in [0.25, 0.3) is 5.88 Å². The lowest BCUT2D eigenvalue weighted by Gasteiger charge is -2.17. The number of Topliss-reactive ketones (excluding diaryl/α,β-unsaturated/α-hetero) is 1. The number of ether oxygens (including phenoxy) is 1. The fourth-order valence-electron chi connectivity index (χ4n) is 3.08. The zero-order valence-corrected chi connectivity index (χ0v) is 16.3. The van der Waals surface area contributed by atoms with E-state index in [-0.39, 0.29) is 36.5 Å². The van der Waals surface area contributed by atoms with E-state index in [1.807, 2.05) is 0 Å². The number of aromatic nitrogens is 2. The fraction of sp³-hybridized carbons (Fsp3) is 0.400. The SMILES string of the molecule is CCc1ncnc(OC2CCN(C(=O)CCC(=O)c3ccc(Cl)cc3)C2)c1F. The molecule has 0 N–H and O–H groups in total. The third kappa shape index (κ3) is 4.84. The van der Waals surface area contributed by atoms with E-state index >= 15 is 0 Å². The van der Waals surface area contributed by atoms with Crippen molar-refractivity contribution in [1.82, 2.24) is 14.9 Å². The molecular formula is C20H21ClFN3O3. The molecular weight excluding hydrogens is 385 g/mol. The Kier molecular flexibility index (Phi) is 6.57. The summed E-state index contributed by atoms with van der Waals surface area (Å²) in [6, 6.07) is 6.59. The lowest BCUT2D eigenvalue weighted by molar-refractivity contribution is -0.130. The highest BCUT2D eigenvalue weighted by atomic mass is 35.5. The summed E-state index contributed by atoms with van der Waals surface area (Å²) in [5.74, 6) is -0.856. The van der Waals surface area contributed by atoms with Crippen LogP contribution in [-0.2, 0) is 11.2 Å². The van der Waals surface area contributed by atoms with Crippen molar-refractivity contribution in [2.45, 2.75) is 38.7 Å². The summed E-state index contributed by atoms with van der Waals surface area (Å²) in [7, 11) is 0. The number of aryl methyl sites for hydroxylation is 1. The monoisotopic (exact) mass is 405 g/mol. The summed E-state index contributed by atoms with van der Waals surface area (Å²) in [5, 5.41) is 0.557. The van der Waals surface area contributed by atoms with Gasteiger partial charge in [-0.3, -0.25) is 9.59 Å². The predicted octanol–water partition coefficient (Wildman–Crippen LogP) is 3.47. The van der Waals surface area contributed by atoms with E-state index < -0.39 is 5.82 Å². The van der Waals surface area contributed by atoms with Gasteiger partial charge in [-0.2, -0.15) is 9.37 Å². The Labute approximate surface area is 167 Å². The average molecular weight is 406 g/mol. The van der Waals surface area contributed by atoms with Crippen LogP contribution in [0, 0.1) is 5.82 Å². The van der Waals surface area contributed by atoms with Gasteiger partial charge in [0.15, 0.2) is 5.78 Å². The average Bonchev–Trinajstić information content (AvgIpc) is 3.16. The molecule has 0 aliphatic carbocycles. The van der Waals surface area contributed by atoms with Crippen LogP contribution in [0.2, 0.25) is 5.02 Å². The predicted molar refractivity (Wildman–Crippen MR) is 102 cm³/mol. The molecule has 2 aromatic rings. The van der Waals surface area contributed by atoms with Crippen molar-refractivity contribution >= 4 is 23.3 Å². The molecule has 1 aliphatic rings. The Morgan fingerprint density at radius 2 is 2.00 bits per heavy atom. The lowest BCUT2D eigenvalue weighted by Crippen LogP contribution is -2.31. The molecule has 148 valence electrons. The molecule has 3 rings (SSSR count). The third-order valence-electron chi connectivity index (χ3n) is 4.67. The lowest BCUT2D eigenvalue weighted by atomic mass is 10.1. The van der Waals surface area contributed by atoms with Crippen LogP contribution in [0.3, 0.4) is 0 Å². The molecule has 0 saturated carbocycles. The second kappa shape index (κ2) is 9.10. The molecule has 1 atom stereocenters. The number of ketones is 1. The molecule has 1 fully saturated rings. The van der Waals surface area contributed by atoms with Gasteiger partial charge in [0.2, 0.25) is 11.7 Å². The van der Waals surface area contributed by atoms with Gasteiger partial charge in [0.05, 0.1) is 12.2 Å². The Hall–Kier alpha value is -2.54. The highest BCUT2D eigenvalue weighted by Gasteiger charge is 2.29. The van der Waals surface area contributed by atoms with E-state index in [0.29, 0.717) is 42.2 Å². The Morgan fingerprint density at radius 3 is 2.71 bits per heavy atom. The van der Waals surface area contributed by atoms with Crippen LogP contribution in [0.5, 0.6) is 5.88 Å². The largest absolute Gasteiger partial charge is 0.470 e. The minimum atomic E-state index is -0.552. The first-order valence-electron chi connectivity index (χ1n) is 9.20. The number of carbonyl (C=O) groups excluding carboxylic acids is 2. The number of hydrogen-bond donors (Lipinski definition) is 0. The van der Waals surface area contributed by atoms with Gasteiger partial charge in [0, 0.05) is 36.4 Å². The van der Waals surface area contributed by atoms with Crippen molar-refractivity contribution in [2.24, 2.45) is 0 Å². The van der Waals surface area contributed by atoms with E-state index in [1.165, 1.54) is 6.33 Å². The normalized spacial score (nSPS) is 16.2. The maximum Gasteiger partial charge on any atom is 0.254 e. The minimum Gasteiger partial charge on any atom is -0.470 e. The van der Waals surface area contributed by atoms with Crippen molar-refractivity contribution in [3.8, 4) is 5.88 Å². The topological polar surface area (TPSA) is 72.4 Å². The molecule has 8 heteroatoms. The van der Waals surface area contributed by atoms with Crippen molar-refractivity contribution < 1.29 is 18.7 Å². The van der Waals surface area contributed by atoms with Crippen molar-refractivity contribution in [2.75, 3.05) is 13.1 Å². The summed E-state index contributed by atoms with van der Waals surface area (Å²) < 4.78 is 19.8. The summed E-state index contributed by atoms with van der Waals surface area (Å²) in [4.78, 5) is 34.0. The van der Waals surface area contributed by atoms with Gasteiger partial charge >= 0.3 is 0 Å². The Balaban J connectivity index is 1.50. The number of benzene rings is 1. The molecule has 0 radical (unpaired) electrons. The second-order valence-corrected chi connectivity index (χ2v) is 7.03. The zero-order valence-electron chi connectivity index (χ0n) is 15.5. The van der Waals surface area contributed by atoms with Crippen molar-refractivity contribution in [3.05, 3.63) is 52.7 Å². The van der Waals surface area contributed by atoms with Crippen LogP contribution in [0.15, 0.2) is 30.6 Å². The number of nitrogens with zero attached hydrogens (tertiary/aromatic N) is 3. The van der Waals surface area contributed by atoms with Gasteiger partial charge in [-0.05, 0) is 30.7 Å². The molecule has 1 saturated heterocycles. The van der Waals surface area contributed by atoms with Gasteiger partial charge in [-0.1, -0.05) is 18.5 Å². The molecule has 1 unspecified atom stereocenters. The second-order valence-electron chi connectivity index (χ2n) is 6.59. The smallest absolute Gasteiger partial charge is 0.254 e. The van der Waals surface area contributed by atoms with Gasteiger partial charge in [-0.15, -0.1) is 0 Å². The molecule has 28 heavy (non-hydrogen) atoms. The number of likely N-dealkylation sites (tertiary alicyclic amines) is 1. The first-order valence-corrected chi connectivity index (χ1v) is 9.58. The van der Waals surface area contributed by atoms with Crippen LogP contribution in [-0.4, -0.2) is 45.8 Å². The van der Waals surface area contributed by atoms with E-state index in [1.54, 1.807) is 36.1 Å². The molecule has 0 spiro atoms. The van der Waals surface area contributed by atoms with Crippen LogP contribution in [0.4, 0.5) is 4.39 Å². The van der Waals surface area contributed by atoms with Crippen LogP contribution in [0.1, 0.15) is 42.2 Å². The van der Waals surface area contributed by atoms with E-state index in [4.69, 9.17) is 16.3 Å². The molecule has 1 aromatic heterocycles. The zero-order chi connectivity index (χ0) is 20.1. The molecule has 1 aliphatic heterocycles. The number of carbonyl (C=O) groups is 2. The maximum absolute atomic E-state index is 14.2. The van der Waals surface area contributed by atoms with E-state index in [0.717, 1.165) is 0 Å². The molecule has 2 heterocycles. The summed E-state index contributed by atoms with van der Waals surface area (Å²) >= 11 is 5.81. The first kappa shape index (κ1) is 20.2. The van der Waals surface area contributed by atoms with E-state index in [9.17, 15) is 14.0 Å². The van der Waals surface area contributed by atoms with Gasteiger partial charge in [0.1, 0.15) is 12.4 Å². The van der Waals surface area contributed by atoms with Crippen LogP contribution < -0.4 is 4.74 Å². The van der Waals surface area contributed by atoms with Gasteiger partial charge < -0.3 is 9.64 Å². The number of hydrogen-bond acceptors (Lipinski definition) is 5. The summed E-state index contributed by atoms with van der Waals surface area (Å²) in [6.07, 6.45) is 2.23. The van der Waals surface area contributed by atoms with Crippen LogP contribution in [0.25, 0.3) is 0 Å². The Bertz CT molecular complexity index is 860. The summed E-state index contributed by atoms with van der Waals surface area (Å²) in [5.41, 5.74) is 0.836. The quantitative estimate of drug-likeness (QED) is 0.659. The van der Waals surface area contributed by atoms with Crippen molar-refractivity contribution in [3.63, 3.8) is 0 Å². The standard InChI is InChI=1S/C20H21ClFN3O3/c1-2-16-19(22)20(24-12-23-16)28-15-9-10-25(11-15)18(27)8-7-17(26)13-3-5-14(21)6-4-13/h3-6,12,15H,2,7-11H2,1H3. The highest BCUT2D eigenvalue weighted by molar-refractivity contribution is 6.30. The number of rotatable bonds is 7. The number of halogens is 2.